The van der Waals surface area contributed by atoms with Crippen LogP contribution in [0.5, 0.6) is 0 Å². The Morgan fingerprint density at radius 2 is 2.18 bits per heavy atom. The van der Waals surface area contributed by atoms with E-state index in [1.165, 1.54) is 0 Å². The third kappa shape index (κ3) is 3.37. The van der Waals surface area contributed by atoms with E-state index in [2.05, 4.69) is 5.92 Å². The predicted molar refractivity (Wildman–Crippen MR) is 70.6 cm³/mol. The number of nitrogens with zero attached hydrogens (tertiary/aromatic N) is 1. The third-order valence-electron chi connectivity index (χ3n) is 2.25. The zero-order valence-electron chi connectivity index (χ0n) is 9.88. The van der Waals surface area contributed by atoms with Gasteiger partial charge in [0.15, 0.2) is 7.29 Å². The molecular formula is C12H15N2O2P. The molecule has 1 aromatic carbocycles. The van der Waals surface area contributed by atoms with Crippen molar-refractivity contribution in [2.24, 2.45) is 5.73 Å². The molecule has 0 saturated carbocycles. The van der Waals surface area contributed by atoms with Crippen LogP contribution in [0.3, 0.4) is 0 Å². The van der Waals surface area contributed by atoms with Crippen molar-refractivity contribution in [2.45, 2.75) is 0 Å². The molecule has 17 heavy (non-hydrogen) atoms. The number of rotatable bonds is 4. The molecule has 90 valence electrons. The quantitative estimate of drug-likeness (QED) is 0.654. The van der Waals surface area contributed by atoms with Crippen molar-refractivity contribution in [1.29, 1.82) is 0 Å². The summed E-state index contributed by atoms with van der Waals surface area (Å²) in [6.45, 7) is 3.48. The van der Waals surface area contributed by atoms with Crippen LogP contribution in [0.15, 0.2) is 24.3 Å². The van der Waals surface area contributed by atoms with Gasteiger partial charge in [-0.2, -0.15) is 0 Å². The second-order valence-electron chi connectivity index (χ2n) is 3.97. The Morgan fingerprint density at radius 1 is 1.53 bits per heavy atom. The summed E-state index contributed by atoms with van der Waals surface area (Å²) in [6.07, 6.45) is 5.26. The highest BCUT2D eigenvalue weighted by Gasteiger charge is 2.19. The first-order valence-corrected chi connectivity index (χ1v) is 7.58. The number of hydrogen-bond donors (Lipinski definition) is 1. The van der Waals surface area contributed by atoms with Crippen LogP contribution in [0.1, 0.15) is 10.4 Å². The standard InChI is InChI=1S/C12H15N2O2P/c1-4-8-14(17(2,3)16)11-7-5-6-10(9-11)12(13)15/h1,5-7,9H,8H2,2-3H3,(H2,13,15). The number of nitrogens with two attached hydrogens (primary N) is 1. The van der Waals surface area contributed by atoms with Crippen LogP contribution in [0.2, 0.25) is 0 Å². The average molecular weight is 250 g/mol. The smallest absolute Gasteiger partial charge is 0.248 e. The minimum atomic E-state index is -2.53. The van der Waals surface area contributed by atoms with Crippen molar-refractivity contribution in [1.82, 2.24) is 0 Å². The normalized spacial score (nSPS) is 10.6. The number of benzene rings is 1. The molecule has 1 rings (SSSR count). The molecule has 0 radical (unpaired) electrons. The van der Waals surface area contributed by atoms with Crippen LogP contribution >= 0.6 is 7.29 Å². The number of carbonyl (C=O) groups is 1. The molecule has 0 heterocycles. The van der Waals surface area contributed by atoms with E-state index in [-0.39, 0.29) is 6.54 Å². The summed E-state index contributed by atoms with van der Waals surface area (Å²) in [5, 5.41) is 0. The maximum atomic E-state index is 12.1. The van der Waals surface area contributed by atoms with Crippen molar-refractivity contribution >= 4 is 18.9 Å². The molecule has 0 aromatic heterocycles. The van der Waals surface area contributed by atoms with E-state index in [1.54, 1.807) is 42.3 Å². The van der Waals surface area contributed by atoms with Crippen molar-refractivity contribution < 1.29 is 9.36 Å². The fourth-order valence-corrected chi connectivity index (χ4v) is 2.55. The second kappa shape index (κ2) is 5.07. The molecule has 0 bridgehead atoms. The van der Waals surface area contributed by atoms with Crippen LogP contribution in [0.4, 0.5) is 5.69 Å². The fourth-order valence-electron chi connectivity index (χ4n) is 1.45. The highest BCUT2D eigenvalue weighted by molar-refractivity contribution is 7.64. The SMILES string of the molecule is C#CCN(c1cccc(C(N)=O)c1)P(C)(C)=O. The van der Waals surface area contributed by atoms with Crippen molar-refractivity contribution in [3.05, 3.63) is 29.8 Å². The van der Waals surface area contributed by atoms with E-state index < -0.39 is 13.2 Å². The van der Waals surface area contributed by atoms with E-state index in [0.29, 0.717) is 11.3 Å². The molecule has 0 aliphatic rings. The first kappa shape index (κ1) is 13.3. The second-order valence-corrected chi connectivity index (χ2v) is 7.04. The molecule has 0 atom stereocenters. The summed E-state index contributed by atoms with van der Waals surface area (Å²) in [5.41, 5.74) is 6.22. The predicted octanol–water partition coefficient (Wildman–Crippen LogP) is 1.76. The maximum absolute atomic E-state index is 12.1. The third-order valence-corrected chi connectivity index (χ3v) is 3.79. The van der Waals surface area contributed by atoms with E-state index in [9.17, 15) is 9.36 Å². The van der Waals surface area contributed by atoms with Gasteiger partial charge in [0, 0.05) is 24.6 Å². The lowest BCUT2D eigenvalue weighted by Crippen LogP contribution is -2.20. The van der Waals surface area contributed by atoms with Gasteiger partial charge in [0.2, 0.25) is 5.91 Å². The van der Waals surface area contributed by atoms with Crippen LogP contribution < -0.4 is 10.4 Å². The van der Waals surface area contributed by atoms with Gasteiger partial charge in [-0.15, -0.1) is 6.42 Å². The Hall–Kier alpha value is -1.72. The molecule has 0 fully saturated rings. The molecule has 5 heteroatoms. The van der Waals surface area contributed by atoms with Crippen molar-refractivity contribution in [2.75, 3.05) is 24.5 Å². The van der Waals surface area contributed by atoms with Gasteiger partial charge in [-0.3, -0.25) is 4.79 Å². The zero-order chi connectivity index (χ0) is 13.1. The van der Waals surface area contributed by atoms with Crippen LogP contribution in [-0.2, 0) is 4.57 Å². The summed E-state index contributed by atoms with van der Waals surface area (Å²) >= 11 is 0. The van der Waals surface area contributed by atoms with Gasteiger partial charge in [-0.05, 0) is 18.2 Å². The molecule has 0 aliphatic heterocycles. The number of anilines is 1. The van der Waals surface area contributed by atoms with Gasteiger partial charge in [0.05, 0.1) is 6.54 Å². The Kier molecular flexibility index (Phi) is 3.98. The molecule has 0 saturated heterocycles. The Labute approximate surface area is 101 Å². The molecule has 0 aliphatic carbocycles. The Morgan fingerprint density at radius 3 is 2.65 bits per heavy atom. The average Bonchev–Trinajstić information content (AvgIpc) is 2.24. The molecule has 1 aromatic rings. The van der Waals surface area contributed by atoms with Gasteiger partial charge in [0.25, 0.3) is 0 Å². The first-order chi connectivity index (χ1) is 7.86. The van der Waals surface area contributed by atoms with E-state index in [1.807, 2.05) is 0 Å². The number of carbonyl (C=O) groups excluding carboxylic acids is 1. The molecule has 1 amide bonds. The summed E-state index contributed by atoms with van der Waals surface area (Å²) in [6, 6.07) is 6.65. The molecule has 0 spiro atoms. The number of amides is 1. The fraction of sp³-hybridized carbons (Fsp3) is 0.250. The van der Waals surface area contributed by atoms with E-state index >= 15 is 0 Å². The molecule has 4 nitrogen and oxygen atoms in total. The van der Waals surface area contributed by atoms with Gasteiger partial charge >= 0.3 is 0 Å². The Bertz CT molecular complexity index is 513. The molecule has 0 unspecified atom stereocenters. The van der Waals surface area contributed by atoms with Crippen LogP contribution in [0, 0.1) is 12.3 Å². The van der Waals surface area contributed by atoms with Gasteiger partial charge < -0.3 is 15.0 Å². The summed E-state index contributed by atoms with van der Waals surface area (Å²) < 4.78 is 13.7. The minimum absolute atomic E-state index is 0.229. The van der Waals surface area contributed by atoms with E-state index in [0.717, 1.165) is 0 Å². The maximum Gasteiger partial charge on any atom is 0.248 e. The lowest BCUT2D eigenvalue weighted by Gasteiger charge is -2.27. The lowest BCUT2D eigenvalue weighted by atomic mass is 10.2. The lowest BCUT2D eigenvalue weighted by molar-refractivity contribution is 0.100. The van der Waals surface area contributed by atoms with Crippen molar-refractivity contribution in [3.8, 4) is 12.3 Å². The first-order valence-electron chi connectivity index (χ1n) is 5.02. The zero-order valence-corrected chi connectivity index (χ0v) is 10.8. The topological polar surface area (TPSA) is 63.4 Å². The summed E-state index contributed by atoms with van der Waals surface area (Å²) in [7, 11) is -2.53. The number of primary amides is 1. The van der Waals surface area contributed by atoms with E-state index in [4.69, 9.17) is 12.2 Å². The monoisotopic (exact) mass is 250 g/mol. The highest BCUT2D eigenvalue weighted by atomic mass is 31.2. The minimum Gasteiger partial charge on any atom is -0.366 e. The number of terminal acetylenes is 1. The largest absolute Gasteiger partial charge is 0.366 e. The summed E-state index contributed by atoms with van der Waals surface area (Å²) in [4.78, 5) is 11.1. The Balaban J connectivity index is 3.21. The molecular weight excluding hydrogens is 235 g/mol. The van der Waals surface area contributed by atoms with Crippen molar-refractivity contribution in [3.63, 3.8) is 0 Å². The van der Waals surface area contributed by atoms with Gasteiger partial charge in [0.1, 0.15) is 0 Å². The summed E-state index contributed by atoms with van der Waals surface area (Å²) in [5.74, 6) is 1.94. The van der Waals surface area contributed by atoms with Crippen LogP contribution in [0.25, 0.3) is 0 Å². The molecule has 2 N–H and O–H groups in total. The van der Waals surface area contributed by atoms with Gasteiger partial charge in [-0.25, -0.2) is 0 Å². The van der Waals surface area contributed by atoms with Gasteiger partial charge in [-0.1, -0.05) is 12.0 Å². The van der Waals surface area contributed by atoms with Crippen LogP contribution in [-0.4, -0.2) is 25.8 Å². The number of hydrogen-bond acceptors (Lipinski definition) is 2. The highest BCUT2D eigenvalue weighted by Crippen LogP contribution is 2.44.